The second-order valence-electron chi connectivity index (χ2n) is 8.65. The van der Waals surface area contributed by atoms with Crippen LogP contribution in [0, 0.1) is 5.41 Å². The van der Waals surface area contributed by atoms with Crippen molar-refractivity contribution in [1.29, 1.82) is 0 Å². The first-order valence-corrected chi connectivity index (χ1v) is 11.7. The lowest BCUT2D eigenvalue weighted by Gasteiger charge is -2.24. The molecule has 1 aliphatic heterocycles. The molecular formula is C24H20ClF8N3O4. The SMILES string of the molecule is CCOC(=O)C1(C)CN(CC(=O)Nc2ccc(C(F)(F)F)c(OC(F)F)c2)N=C1c1ccc(C(F)(F)F)c(Cl)c1. The van der Waals surface area contributed by atoms with Gasteiger partial charge in [-0.05, 0) is 38.1 Å². The minimum Gasteiger partial charge on any atom is -0.465 e. The zero-order valence-electron chi connectivity index (χ0n) is 20.6. The van der Waals surface area contributed by atoms with E-state index in [-0.39, 0.29) is 30.1 Å². The van der Waals surface area contributed by atoms with Gasteiger partial charge in [-0.2, -0.15) is 40.2 Å². The lowest BCUT2D eigenvalue weighted by molar-refractivity contribution is -0.150. The molecule has 7 nitrogen and oxygen atoms in total. The molecule has 1 aliphatic rings. The summed E-state index contributed by atoms with van der Waals surface area (Å²) in [7, 11) is 0. The molecule has 0 aliphatic carbocycles. The number of rotatable bonds is 8. The van der Waals surface area contributed by atoms with Crippen LogP contribution in [0.25, 0.3) is 0 Å². The zero-order valence-corrected chi connectivity index (χ0v) is 21.3. The Balaban J connectivity index is 1.88. The van der Waals surface area contributed by atoms with Crippen LogP contribution in [0.15, 0.2) is 41.5 Å². The highest BCUT2D eigenvalue weighted by atomic mass is 35.5. The average molecular weight is 602 g/mol. The summed E-state index contributed by atoms with van der Waals surface area (Å²) >= 11 is 5.82. The van der Waals surface area contributed by atoms with E-state index in [0.29, 0.717) is 18.2 Å². The number of amides is 1. The Kier molecular flexibility index (Phi) is 8.87. The molecule has 0 bridgehead atoms. The summed E-state index contributed by atoms with van der Waals surface area (Å²) in [4.78, 5) is 25.5. The lowest BCUT2D eigenvalue weighted by Crippen LogP contribution is -2.41. The number of hydrazone groups is 1. The van der Waals surface area contributed by atoms with E-state index in [2.05, 4.69) is 15.2 Å². The van der Waals surface area contributed by atoms with Crippen molar-refractivity contribution in [2.45, 2.75) is 32.8 Å². The fourth-order valence-electron chi connectivity index (χ4n) is 3.93. The van der Waals surface area contributed by atoms with E-state index in [1.165, 1.54) is 13.8 Å². The number of alkyl halides is 8. The minimum atomic E-state index is -5.01. The van der Waals surface area contributed by atoms with Crippen LogP contribution in [-0.4, -0.2) is 48.9 Å². The van der Waals surface area contributed by atoms with Crippen molar-refractivity contribution in [2.75, 3.05) is 25.0 Å². The standard InChI is InChI=1S/C24H20ClF8N3O4/c1-3-39-20(38)22(2)11-36(35-19(22)12-4-6-14(16(25)8-12)23(28,29)30)10-18(37)34-13-5-7-15(24(31,32)33)17(9-13)40-21(26)27/h4-9,21H,3,10-11H2,1-2H3,(H,34,37). The molecule has 0 saturated heterocycles. The van der Waals surface area contributed by atoms with Crippen LogP contribution in [0.2, 0.25) is 5.02 Å². The smallest absolute Gasteiger partial charge is 0.419 e. The van der Waals surface area contributed by atoms with E-state index in [1.54, 1.807) is 0 Å². The molecule has 2 aromatic carbocycles. The highest BCUT2D eigenvalue weighted by molar-refractivity contribution is 6.32. The number of ether oxygens (including phenoxy) is 2. The van der Waals surface area contributed by atoms with Crippen molar-refractivity contribution in [3.63, 3.8) is 0 Å². The van der Waals surface area contributed by atoms with Crippen LogP contribution in [-0.2, 0) is 26.7 Å². The minimum absolute atomic E-state index is 0.0348. The Morgan fingerprint density at radius 2 is 1.70 bits per heavy atom. The van der Waals surface area contributed by atoms with Gasteiger partial charge < -0.3 is 14.8 Å². The van der Waals surface area contributed by atoms with Crippen LogP contribution >= 0.6 is 11.6 Å². The zero-order chi connectivity index (χ0) is 30.0. The van der Waals surface area contributed by atoms with E-state index in [4.69, 9.17) is 16.3 Å². The maximum absolute atomic E-state index is 13.1. The lowest BCUT2D eigenvalue weighted by atomic mass is 9.82. The number of nitrogens with zero attached hydrogens (tertiary/aromatic N) is 2. The third-order valence-electron chi connectivity index (χ3n) is 5.65. The predicted octanol–water partition coefficient (Wildman–Crippen LogP) is 6.21. The van der Waals surface area contributed by atoms with E-state index in [1.807, 2.05) is 0 Å². The molecule has 1 unspecified atom stereocenters. The van der Waals surface area contributed by atoms with Crippen molar-refractivity contribution in [2.24, 2.45) is 10.5 Å². The number of benzene rings is 2. The van der Waals surface area contributed by atoms with Crippen molar-refractivity contribution in [3.8, 4) is 5.75 Å². The van der Waals surface area contributed by atoms with Gasteiger partial charge in [0.2, 0.25) is 5.91 Å². The molecule has 1 atom stereocenters. The van der Waals surface area contributed by atoms with E-state index in [9.17, 15) is 44.7 Å². The fourth-order valence-corrected chi connectivity index (χ4v) is 4.22. The van der Waals surface area contributed by atoms with Gasteiger partial charge >= 0.3 is 24.9 Å². The summed E-state index contributed by atoms with van der Waals surface area (Å²) in [6, 6.07) is 4.58. The van der Waals surface area contributed by atoms with Crippen LogP contribution in [0.3, 0.4) is 0 Å². The summed E-state index contributed by atoms with van der Waals surface area (Å²) in [5.41, 5.74) is -4.45. The number of hydrogen-bond acceptors (Lipinski definition) is 6. The molecule has 0 radical (unpaired) electrons. The van der Waals surface area contributed by atoms with Crippen molar-refractivity contribution in [1.82, 2.24) is 5.01 Å². The monoisotopic (exact) mass is 601 g/mol. The van der Waals surface area contributed by atoms with Crippen molar-refractivity contribution >= 4 is 34.9 Å². The Morgan fingerprint density at radius 3 is 2.25 bits per heavy atom. The quantitative estimate of drug-likeness (QED) is 0.288. The number of nitrogens with one attached hydrogen (secondary N) is 1. The molecule has 1 N–H and O–H groups in total. The molecule has 1 heterocycles. The molecule has 1 amide bonds. The summed E-state index contributed by atoms with van der Waals surface area (Å²) in [5.74, 6) is -2.87. The molecule has 0 aromatic heterocycles. The molecule has 16 heteroatoms. The number of halogens is 9. The number of anilines is 1. The van der Waals surface area contributed by atoms with Gasteiger partial charge in [0.05, 0.1) is 35.0 Å². The number of hydrogen-bond donors (Lipinski definition) is 1. The second kappa shape index (κ2) is 11.5. The summed E-state index contributed by atoms with van der Waals surface area (Å²) in [6.07, 6.45) is -9.74. The summed E-state index contributed by atoms with van der Waals surface area (Å²) in [5, 5.41) is 6.87. The van der Waals surface area contributed by atoms with Gasteiger partial charge in [0, 0.05) is 17.3 Å². The average Bonchev–Trinajstić information content (AvgIpc) is 3.14. The molecule has 3 rings (SSSR count). The molecule has 0 saturated carbocycles. The first-order chi connectivity index (χ1) is 18.5. The Bertz CT molecular complexity index is 1320. The topological polar surface area (TPSA) is 80.2 Å². The Hall–Kier alpha value is -3.62. The second-order valence-corrected chi connectivity index (χ2v) is 9.06. The molecule has 0 spiro atoms. The molecule has 0 fully saturated rings. The molecular weight excluding hydrogens is 582 g/mol. The first-order valence-electron chi connectivity index (χ1n) is 11.3. The summed E-state index contributed by atoms with van der Waals surface area (Å²) in [6.45, 7) is -1.52. The first kappa shape index (κ1) is 30.9. The Morgan fingerprint density at radius 1 is 1.07 bits per heavy atom. The van der Waals surface area contributed by atoms with Gasteiger partial charge in [-0.15, -0.1) is 0 Å². The predicted molar refractivity (Wildman–Crippen MR) is 126 cm³/mol. The fraction of sp³-hybridized carbons (Fsp3) is 0.375. The largest absolute Gasteiger partial charge is 0.465 e. The normalized spacial score (nSPS) is 17.6. The van der Waals surface area contributed by atoms with Crippen LogP contribution in [0.1, 0.15) is 30.5 Å². The van der Waals surface area contributed by atoms with Gasteiger partial charge in [0.25, 0.3) is 0 Å². The molecule has 40 heavy (non-hydrogen) atoms. The van der Waals surface area contributed by atoms with Crippen molar-refractivity contribution < 1.29 is 54.2 Å². The van der Waals surface area contributed by atoms with Gasteiger partial charge in [0.1, 0.15) is 17.7 Å². The third kappa shape index (κ3) is 6.92. The summed E-state index contributed by atoms with van der Waals surface area (Å²) < 4.78 is 113. The highest BCUT2D eigenvalue weighted by Crippen LogP contribution is 2.40. The number of carbonyl (C=O) groups is 2. The van der Waals surface area contributed by atoms with E-state index >= 15 is 0 Å². The Labute approximate surface area is 226 Å². The maximum atomic E-state index is 13.1. The van der Waals surface area contributed by atoms with Gasteiger partial charge in [-0.25, -0.2) is 0 Å². The van der Waals surface area contributed by atoms with Crippen molar-refractivity contribution in [3.05, 3.63) is 58.1 Å². The molecule has 218 valence electrons. The highest BCUT2D eigenvalue weighted by Gasteiger charge is 2.48. The van der Waals surface area contributed by atoms with Crippen LogP contribution < -0.4 is 10.1 Å². The van der Waals surface area contributed by atoms with Gasteiger partial charge in [-0.1, -0.05) is 17.7 Å². The maximum Gasteiger partial charge on any atom is 0.419 e. The number of carbonyl (C=O) groups excluding carboxylic acids is 2. The number of esters is 1. The van der Waals surface area contributed by atoms with E-state index in [0.717, 1.165) is 23.2 Å². The van der Waals surface area contributed by atoms with Gasteiger partial charge in [-0.3, -0.25) is 14.6 Å². The third-order valence-corrected chi connectivity index (χ3v) is 5.96. The molecule has 2 aromatic rings. The van der Waals surface area contributed by atoms with Crippen LogP contribution in [0.5, 0.6) is 5.75 Å². The van der Waals surface area contributed by atoms with Gasteiger partial charge in [0.15, 0.2) is 0 Å². The van der Waals surface area contributed by atoms with Crippen LogP contribution in [0.4, 0.5) is 40.8 Å². The van der Waals surface area contributed by atoms with E-state index < -0.39 is 64.7 Å².